The van der Waals surface area contributed by atoms with Crippen LogP contribution in [0.3, 0.4) is 0 Å². The van der Waals surface area contributed by atoms with Gasteiger partial charge in [0, 0.05) is 24.9 Å². The molecule has 12 N–H and O–H groups in total. The normalized spacial score (nSPS) is 14.3. The molecule has 15 heteroatoms. The Bertz CT molecular complexity index is 825. The van der Waals surface area contributed by atoms with Crippen LogP contribution in [0.15, 0.2) is 17.5 Å². The van der Waals surface area contributed by atoms with E-state index in [0.29, 0.717) is 12.1 Å². The molecule has 0 aromatic carbocycles. The Hall–Kier alpha value is -3.72. The predicted molar refractivity (Wildman–Crippen MR) is 116 cm³/mol. The number of hydrogen-bond acceptors (Lipinski definition) is 8. The molecule has 0 fully saturated rings. The molecule has 0 aliphatic carbocycles. The van der Waals surface area contributed by atoms with E-state index in [9.17, 15) is 19.2 Å². The van der Waals surface area contributed by atoms with Crippen LogP contribution in [0.4, 0.5) is 0 Å². The van der Waals surface area contributed by atoms with Gasteiger partial charge in [0.25, 0.3) is 0 Å². The number of nitrogens with two attached hydrogens (primary N) is 3. The number of carboxylic acids is 1. The number of aromatic amines is 1. The Labute approximate surface area is 189 Å². The lowest BCUT2D eigenvalue weighted by Gasteiger charge is -2.24. The summed E-state index contributed by atoms with van der Waals surface area (Å²) < 4.78 is 0. The van der Waals surface area contributed by atoms with E-state index in [4.69, 9.17) is 27.4 Å². The van der Waals surface area contributed by atoms with Crippen LogP contribution in [-0.4, -0.2) is 87.2 Å². The van der Waals surface area contributed by atoms with Crippen LogP contribution in [0, 0.1) is 0 Å². The molecule has 0 saturated carbocycles. The van der Waals surface area contributed by atoms with Gasteiger partial charge in [0.15, 0.2) is 5.96 Å². The first-order chi connectivity index (χ1) is 15.5. The summed E-state index contributed by atoms with van der Waals surface area (Å²) in [5, 5.41) is 25.4. The monoisotopic (exact) mass is 469 g/mol. The third-order valence-corrected chi connectivity index (χ3v) is 4.45. The fourth-order valence-corrected chi connectivity index (χ4v) is 2.61. The number of nitrogens with one attached hydrogen (secondary N) is 4. The lowest BCUT2D eigenvalue weighted by molar-refractivity contribution is -0.141. The van der Waals surface area contributed by atoms with E-state index in [1.54, 1.807) is 0 Å². The summed E-state index contributed by atoms with van der Waals surface area (Å²) in [4.78, 5) is 59.3. The minimum atomic E-state index is -1.25. The van der Waals surface area contributed by atoms with Gasteiger partial charge >= 0.3 is 5.97 Å². The molecule has 4 atom stereocenters. The lowest BCUT2D eigenvalue weighted by atomic mass is 10.1. The number of aliphatic imine (C=N–C) groups is 1. The summed E-state index contributed by atoms with van der Waals surface area (Å²) in [6.07, 6.45) is 3.21. The molecule has 1 aromatic heterocycles. The number of hydrogen-bond donors (Lipinski definition) is 9. The van der Waals surface area contributed by atoms with Crippen LogP contribution in [0.5, 0.6) is 0 Å². The molecule has 1 heterocycles. The number of H-pyrrole nitrogens is 1. The molecule has 0 saturated heterocycles. The molecule has 0 aliphatic heterocycles. The maximum Gasteiger partial charge on any atom is 0.325 e. The number of nitrogens with zero attached hydrogens (tertiary/aromatic N) is 2. The SMILES string of the molecule is CC(NC(=O)C(Cc1cnc[nH]1)NC(=O)C(CCCN=C(N)N)NC(=O)C(N)CO)C(=O)O. The van der Waals surface area contributed by atoms with Crippen LogP contribution in [-0.2, 0) is 25.6 Å². The molecular formula is C18H31N9O6. The second-order valence-electron chi connectivity index (χ2n) is 7.21. The zero-order chi connectivity index (χ0) is 25.0. The van der Waals surface area contributed by atoms with Gasteiger partial charge in [-0.2, -0.15) is 0 Å². The molecule has 3 amide bonds. The highest BCUT2D eigenvalue weighted by Gasteiger charge is 2.29. The number of carboxylic acid groups (broad SMARTS) is 1. The second kappa shape index (κ2) is 13.6. The van der Waals surface area contributed by atoms with Crippen molar-refractivity contribution in [3.8, 4) is 0 Å². The van der Waals surface area contributed by atoms with Gasteiger partial charge in [-0.25, -0.2) is 4.98 Å². The quantitative estimate of drug-likeness (QED) is 0.0721. The standard InChI is InChI=1S/C18H31N9O6/c1-9(17(32)33)25-16(31)13(5-10-6-22-8-24-10)27-15(30)12(3-2-4-23-18(20)21)26-14(29)11(19)7-28/h6,8-9,11-13,28H,2-5,7,19H2,1H3,(H,22,24)(H,25,31)(H,26,29)(H,27,30)(H,32,33)(H4,20,21,23). The molecule has 0 spiro atoms. The van der Waals surface area contributed by atoms with E-state index in [-0.39, 0.29) is 25.3 Å². The van der Waals surface area contributed by atoms with Gasteiger partial charge in [-0.05, 0) is 19.8 Å². The summed E-state index contributed by atoms with van der Waals surface area (Å²) in [5.41, 5.74) is 16.6. The van der Waals surface area contributed by atoms with Crippen molar-refractivity contribution in [3.63, 3.8) is 0 Å². The fourth-order valence-electron chi connectivity index (χ4n) is 2.61. The van der Waals surface area contributed by atoms with Crippen molar-refractivity contribution in [2.45, 2.75) is 50.4 Å². The van der Waals surface area contributed by atoms with E-state index in [2.05, 4.69) is 30.9 Å². The zero-order valence-corrected chi connectivity index (χ0v) is 18.2. The molecule has 0 bridgehead atoms. The van der Waals surface area contributed by atoms with Gasteiger partial charge in [0.2, 0.25) is 17.7 Å². The smallest absolute Gasteiger partial charge is 0.325 e. The van der Waals surface area contributed by atoms with Crippen LogP contribution < -0.4 is 33.2 Å². The first-order valence-electron chi connectivity index (χ1n) is 10.1. The molecule has 1 rings (SSSR count). The van der Waals surface area contributed by atoms with Crippen LogP contribution >= 0.6 is 0 Å². The van der Waals surface area contributed by atoms with Crippen LogP contribution in [0.25, 0.3) is 0 Å². The minimum Gasteiger partial charge on any atom is -0.480 e. The van der Waals surface area contributed by atoms with Gasteiger partial charge in [-0.3, -0.25) is 24.2 Å². The Morgan fingerprint density at radius 3 is 2.30 bits per heavy atom. The third-order valence-electron chi connectivity index (χ3n) is 4.45. The third kappa shape index (κ3) is 9.96. The molecule has 15 nitrogen and oxygen atoms in total. The molecule has 1 aromatic rings. The predicted octanol–water partition coefficient (Wildman–Crippen LogP) is -4.12. The molecule has 0 aliphatic rings. The average molecular weight is 470 g/mol. The van der Waals surface area contributed by atoms with Crippen molar-refractivity contribution >= 4 is 29.7 Å². The highest BCUT2D eigenvalue weighted by Crippen LogP contribution is 2.04. The van der Waals surface area contributed by atoms with Crippen LogP contribution in [0.2, 0.25) is 0 Å². The topological polar surface area (TPSA) is 264 Å². The van der Waals surface area contributed by atoms with Crippen molar-refractivity contribution in [3.05, 3.63) is 18.2 Å². The lowest BCUT2D eigenvalue weighted by Crippen LogP contribution is -2.57. The van der Waals surface area contributed by atoms with Crippen molar-refractivity contribution in [2.24, 2.45) is 22.2 Å². The van der Waals surface area contributed by atoms with Gasteiger partial charge < -0.3 is 48.3 Å². The minimum absolute atomic E-state index is 0.0191. The number of guanidine groups is 1. The Morgan fingerprint density at radius 1 is 1.12 bits per heavy atom. The maximum absolute atomic E-state index is 12.9. The number of carbonyl (C=O) groups excluding carboxylic acids is 3. The van der Waals surface area contributed by atoms with Gasteiger partial charge in [0.05, 0.1) is 12.9 Å². The second-order valence-corrected chi connectivity index (χ2v) is 7.21. The van der Waals surface area contributed by atoms with Crippen LogP contribution in [0.1, 0.15) is 25.5 Å². The molecular weight excluding hydrogens is 438 g/mol. The van der Waals surface area contributed by atoms with E-state index < -0.39 is 54.5 Å². The van der Waals surface area contributed by atoms with Gasteiger partial charge in [-0.15, -0.1) is 0 Å². The molecule has 33 heavy (non-hydrogen) atoms. The maximum atomic E-state index is 12.9. The highest BCUT2D eigenvalue weighted by atomic mass is 16.4. The van der Waals surface area contributed by atoms with Crippen molar-refractivity contribution in [1.29, 1.82) is 0 Å². The Morgan fingerprint density at radius 2 is 1.76 bits per heavy atom. The molecule has 4 unspecified atom stereocenters. The first-order valence-corrected chi connectivity index (χ1v) is 10.1. The number of amides is 3. The number of aromatic nitrogens is 2. The highest BCUT2D eigenvalue weighted by molar-refractivity contribution is 5.94. The summed E-state index contributed by atoms with van der Waals surface area (Å²) in [6, 6.07) is -4.75. The Kier molecular flexibility index (Phi) is 11.3. The first kappa shape index (κ1) is 27.3. The average Bonchev–Trinajstić information content (AvgIpc) is 3.27. The van der Waals surface area contributed by atoms with E-state index in [1.165, 1.54) is 19.4 Å². The summed E-state index contributed by atoms with van der Waals surface area (Å²) >= 11 is 0. The summed E-state index contributed by atoms with van der Waals surface area (Å²) in [6.45, 7) is 0.826. The number of rotatable bonds is 14. The van der Waals surface area contributed by atoms with Crippen molar-refractivity contribution < 1.29 is 29.4 Å². The van der Waals surface area contributed by atoms with Gasteiger partial charge in [0.1, 0.15) is 24.2 Å². The number of aliphatic hydroxyl groups excluding tert-OH is 1. The van der Waals surface area contributed by atoms with E-state index in [1.807, 2.05) is 0 Å². The van der Waals surface area contributed by atoms with Gasteiger partial charge in [-0.1, -0.05) is 0 Å². The number of aliphatic carboxylic acids is 1. The zero-order valence-electron chi connectivity index (χ0n) is 18.2. The fraction of sp³-hybridized carbons (Fsp3) is 0.556. The van der Waals surface area contributed by atoms with Crippen molar-refractivity contribution in [1.82, 2.24) is 25.9 Å². The Balaban J connectivity index is 2.99. The molecule has 0 radical (unpaired) electrons. The van der Waals surface area contributed by atoms with Crippen molar-refractivity contribution in [2.75, 3.05) is 13.2 Å². The van der Waals surface area contributed by atoms with E-state index in [0.717, 1.165) is 0 Å². The number of aliphatic hydroxyl groups is 1. The largest absolute Gasteiger partial charge is 0.480 e. The summed E-state index contributed by atoms with van der Waals surface area (Å²) in [5.74, 6) is -3.62. The number of imidazole rings is 1. The van der Waals surface area contributed by atoms with E-state index >= 15 is 0 Å². The molecule has 184 valence electrons. The summed E-state index contributed by atoms with van der Waals surface area (Å²) in [7, 11) is 0. The number of carbonyl (C=O) groups is 4.